The molecule has 1 aliphatic carbocycles. The van der Waals surface area contributed by atoms with Crippen molar-refractivity contribution in [3.63, 3.8) is 0 Å². The van der Waals surface area contributed by atoms with Crippen molar-refractivity contribution in [2.45, 2.75) is 52.1 Å². The van der Waals surface area contributed by atoms with Crippen LogP contribution in [0.5, 0.6) is 0 Å². The van der Waals surface area contributed by atoms with Crippen molar-refractivity contribution in [3.8, 4) is 0 Å². The molecule has 0 amide bonds. The molecule has 0 aromatic heterocycles. The van der Waals surface area contributed by atoms with Crippen LogP contribution < -0.4 is 5.73 Å². The number of rotatable bonds is 2. The van der Waals surface area contributed by atoms with Crippen molar-refractivity contribution in [1.29, 1.82) is 0 Å². The third-order valence-electron chi connectivity index (χ3n) is 4.83. The van der Waals surface area contributed by atoms with Gasteiger partial charge in [0.25, 0.3) is 0 Å². The lowest BCUT2D eigenvalue weighted by Crippen LogP contribution is -2.33. The average molecular weight is 299 g/mol. The standard InChI is InChI=1S/C17H24F3N/c1-11-8-13(17(18,19)20)4-5-14(11)15-9-16(2,3)7-6-12(15)10-21/h4-5,8,12,15H,6-7,9-10,21H2,1-3H3. The first kappa shape index (κ1) is 16.3. The van der Waals surface area contributed by atoms with Gasteiger partial charge in [0, 0.05) is 0 Å². The lowest BCUT2D eigenvalue weighted by molar-refractivity contribution is -0.137. The van der Waals surface area contributed by atoms with Crippen LogP contribution in [0.4, 0.5) is 13.2 Å². The van der Waals surface area contributed by atoms with Crippen LogP contribution in [0.25, 0.3) is 0 Å². The normalized spacial score (nSPS) is 25.9. The predicted octanol–water partition coefficient (Wildman–Crippen LogP) is 4.88. The number of hydrogen-bond acceptors (Lipinski definition) is 1. The van der Waals surface area contributed by atoms with E-state index in [0.717, 1.165) is 30.4 Å². The minimum absolute atomic E-state index is 0.228. The van der Waals surface area contributed by atoms with Crippen molar-refractivity contribution >= 4 is 0 Å². The van der Waals surface area contributed by atoms with E-state index < -0.39 is 11.7 Å². The topological polar surface area (TPSA) is 26.0 Å². The Bertz CT molecular complexity index is 505. The van der Waals surface area contributed by atoms with E-state index in [2.05, 4.69) is 13.8 Å². The molecule has 2 N–H and O–H groups in total. The highest BCUT2D eigenvalue weighted by molar-refractivity contribution is 5.36. The van der Waals surface area contributed by atoms with Gasteiger partial charge in [-0.05, 0) is 73.2 Å². The number of benzene rings is 1. The Hall–Kier alpha value is -1.03. The molecule has 0 saturated heterocycles. The van der Waals surface area contributed by atoms with E-state index in [1.807, 2.05) is 0 Å². The first-order valence-corrected chi connectivity index (χ1v) is 7.52. The highest BCUT2D eigenvalue weighted by Crippen LogP contribution is 2.47. The zero-order valence-corrected chi connectivity index (χ0v) is 12.9. The van der Waals surface area contributed by atoms with E-state index in [4.69, 9.17) is 5.73 Å². The van der Waals surface area contributed by atoms with E-state index in [0.29, 0.717) is 12.5 Å². The summed E-state index contributed by atoms with van der Waals surface area (Å²) in [5, 5.41) is 0. The summed E-state index contributed by atoms with van der Waals surface area (Å²) in [6.07, 6.45) is -1.11. The van der Waals surface area contributed by atoms with E-state index in [-0.39, 0.29) is 11.3 Å². The minimum atomic E-state index is -4.28. The van der Waals surface area contributed by atoms with Crippen LogP contribution in [0.2, 0.25) is 0 Å². The SMILES string of the molecule is Cc1cc(C(F)(F)F)ccc1C1CC(C)(C)CCC1CN. The minimum Gasteiger partial charge on any atom is -0.330 e. The van der Waals surface area contributed by atoms with Gasteiger partial charge >= 0.3 is 6.18 Å². The summed E-state index contributed by atoms with van der Waals surface area (Å²) in [6.45, 7) is 6.83. The van der Waals surface area contributed by atoms with Crippen LogP contribution in [-0.4, -0.2) is 6.54 Å². The number of aryl methyl sites for hydroxylation is 1. The molecule has 1 nitrogen and oxygen atoms in total. The molecular formula is C17H24F3N. The highest BCUT2D eigenvalue weighted by atomic mass is 19.4. The molecule has 0 spiro atoms. The summed E-state index contributed by atoms with van der Waals surface area (Å²) in [5.41, 5.74) is 7.31. The molecule has 1 aliphatic rings. The molecule has 2 unspecified atom stereocenters. The largest absolute Gasteiger partial charge is 0.416 e. The summed E-state index contributed by atoms with van der Waals surface area (Å²) >= 11 is 0. The second kappa shape index (κ2) is 5.64. The zero-order chi connectivity index (χ0) is 15.8. The van der Waals surface area contributed by atoms with Crippen LogP contribution in [0.3, 0.4) is 0 Å². The van der Waals surface area contributed by atoms with Crippen molar-refractivity contribution in [3.05, 3.63) is 34.9 Å². The molecule has 0 radical (unpaired) electrons. The monoisotopic (exact) mass is 299 g/mol. The molecule has 118 valence electrons. The maximum Gasteiger partial charge on any atom is 0.416 e. The molecule has 0 bridgehead atoms. The zero-order valence-electron chi connectivity index (χ0n) is 12.9. The maximum absolute atomic E-state index is 12.8. The number of nitrogens with two attached hydrogens (primary N) is 1. The predicted molar refractivity (Wildman–Crippen MR) is 79.1 cm³/mol. The van der Waals surface area contributed by atoms with Gasteiger partial charge in [0.1, 0.15) is 0 Å². The summed E-state index contributed by atoms with van der Waals surface area (Å²) in [5.74, 6) is 0.634. The van der Waals surface area contributed by atoms with Crippen LogP contribution in [-0.2, 0) is 6.18 Å². The third kappa shape index (κ3) is 3.60. The fourth-order valence-corrected chi connectivity index (χ4v) is 3.56. The van der Waals surface area contributed by atoms with Crippen LogP contribution in [0.1, 0.15) is 55.7 Å². The molecule has 0 aliphatic heterocycles. The van der Waals surface area contributed by atoms with Gasteiger partial charge in [-0.15, -0.1) is 0 Å². The Morgan fingerprint density at radius 3 is 2.48 bits per heavy atom. The lowest BCUT2D eigenvalue weighted by Gasteiger charge is -2.41. The Labute approximate surface area is 124 Å². The summed E-state index contributed by atoms with van der Waals surface area (Å²) in [6, 6.07) is 4.13. The lowest BCUT2D eigenvalue weighted by atomic mass is 9.64. The maximum atomic E-state index is 12.8. The molecule has 2 atom stereocenters. The van der Waals surface area contributed by atoms with Crippen LogP contribution >= 0.6 is 0 Å². The number of hydrogen-bond donors (Lipinski definition) is 1. The summed E-state index contributed by atoms with van der Waals surface area (Å²) in [4.78, 5) is 0. The fourth-order valence-electron chi connectivity index (χ4n) is 3.56. The van der Waals surface area contributed by atoms with Gasteiger partial charge in [-0.3, -0.25) is 0 Å². The molecular weight excluding hydrogens is 275 g/mol. The number of halogens is 3. The molecule has 4 heteroatoms. The van der Waals surface area contributed by atoms with Gasteiger partial charge in [-0.25, -0.2) is 0 Å². The Morgan fingerprint density at radius 2 is 1.95 bits per heavy atom. The van der Waals surface area contributed by atoms with Gasteiger partial charge in [0.2, 0.25) is 0 Å². The second-order valence-corrected chi connectivity index (χ2v) is 7.08. The van der Waals surface area contributed by atoms with Crippen molar-refractivity contribution in [2.75, 3.05) is 6.54 Å². The fraction of sp³-hybridized carbons (Fsp3) is 0.647. The van der Waals surface area contributed by atoms with E-state index in [1.165, 1.54) is 12.1 Å². The van der Waals surface area contributed by atoms with Crippen molar-refractivity contribution in [2.24, 2.45) is 17.1 Å². The molecule has 0 heterocycles. The van der Waals surface area contributed by atoms with Crippen molar-refractivity contribution < 1.29 is 13.2 Å². The number of alkyl halides is 3. The molecule has 1 fully saturated rings. The molecule has 2 rings (SSSR count). The van der Waals surface area contributed by atoms with Crippen LogP contribution in [0.15, 0.2) is 18.2 Å². The highest BCUT2D eigenvalue weighted by Gasteiger charge is 2.36. The van der Waals surface area contributed by atoms with Gasteiger partial charge in [0.15, 0.2) is 0 Å². The molecule has 1 saturated carbocycles. The van der Waals surface area contributed by atoms with E-state index >= 15 is 0 Å². The Morgan fingerprint density at radius 1 is 1.29 bits per heavy atom. The third-order valence-corrected chi connectivity index (χ3v) is 4.83. The van der Waals surface area contributed by atoms with E-state index in [1.54, 1.807) is 13.0 Å². The van der Waals surface area contributed by atoms with E-state index in [9.17, 15) is 13.2 Å². The van der Waals surface area contributed by atoms with Crippen LogP contribution in [0, 0.1) is 18.3 Å². The summed E-state index contributed by atoms with van der Waals surface area (Å²) < 4.78 is 38.4. The Balaban J connectivity index is 2.35. The molecule has 1 aromatic carbocycles. The first-order valence-electron chi connectivity index (χ1n) is 7.52. The Kier molecular flexibility index (Phi) is 4.39. The van der Waals surface area contributed by atoms with Gasteiger partial charge in [-0.2, -0.15) is 13.2 Å². The molecule has 1 aromatic rings. The van der Waals surface area contributed by atoms with Crippen molar-refractivity contribution in [1.82, 2.24) is 0 Å². The second-order valence-electron chi connectivity index (χ2n) is 7.08. The molecule has 21 heavy (non-hydrogen) atoms. The summed E-state index contributed by atoms with van der Waals surface area (Å²) in [7, 11) is 0. The van der Waals surface area contributed by atoms with Gasteiger partial charge in [-0.1, -0.05) is 19.9 Å². The first-order chi connectivity index (χ1) is 9.64. The smallest absolute Gasteiger partial charge is 0.330 e. The average Bonchev–Trinajstić information content (AvgIpc) is 2.36. The van der Waals surface area contributed by atoms with Gasteiger partial charge in [0.05, 0.1) is 5.56 Å². The van der Waals surface area contributed by atoms with Gasteiger partial charge < -0.3 is 5.73 Å². The quantitative estimate of drug-likeness (QED) is 0.827.